The molecule has 1 unspecified atom stereocenters. The molecule has 0 fully saturated rings. The van der Waals surface area contributed by atoms with Crippen LogP contribution in [-0.4, -0.2) is 35.8 Å². The molecular weight excluding hydrogens is 256 g/mol. The highest BCUT2D eigenvalue weighted by Gasteiger charge is 2.14. The van der Waals surface area contributed by atoms with Crippen LogP contribution in [0.15, 0.2) is 6.07 Å². The fourth-order valence-corrected chi connectivity index (χ4v) is 1.69. The Balaban J connectivity index is 2.75. The van der Waals surface area contributed by atoms with Crippen molar-refractivity contribution in [2.24, 2.45) is 5.92 Å². The summed E-state index contributed by atoms with van der Waals surface area (Å²) in [4.78, 5) is 8.57. The van der Waals surface area contributed by atoms with E-state index in [0.29, 0.717) is 49.8 Å². The summed E-state index contributed by atoms with van der Waals surface area (Å²) in [7, 11) is 0. The fourth-order valence-electron chi connectivity index (χ4n) is 1.69. The Morgan fingerprint density at radius 1 is 1.20 bits per heavy atom. The molecule has 0 amide bonds. The molecule has 0 aliphatic rings. The van der Waals surface area contributed by atoms with E-state index in [4.69, 9.17) is 15.2 Å². The third kappa shape index (κ3) is 5.71. The number of nitrogens with zero attached hydrogens (tertiary/aromatic N) is 2. The molecule has 6 nitrogen and oxygen atoms in total. The van der Waals surface area contributed by atoms with Gasteiger partial charge in [0.1, 0.15) is 18.2 Å². The Kier molecular flexibility index (Phi) is 7.25. The largest absolute Gasteiger partial charge is 0.384 e. The Hall–Kier alpha value is -1.40. The van der Waals surface area contributed by atoms with Crippen LogP contribution < -0.4 is 11.1 Å². The number of ether oxygens (including phenoxy) is 2. The van der Waals surface area contributed by atoms with Crippen molar-refractivity contribution >= 4 is 11.6 Å². The highest BCUT2D eigenvalue weighted by molar-refractivity contribution is 5.45. The molecule has 6 heteroatoms. The highest BCUT2D eigenvalue weighted by Crippen LogP contribution is 2.14. The molecule has 1 heterocycles. The number of hydrogen-bond acceptors (Lipinski definition) is 6. The molecule has 0 aliphatic heterocycles. The maximum Gasteiger partial charge on any atom is 0.158 e. The van der Waals surface area contributed by atoms with E-state index in [1.54, 1.807) is 6.07 Å². The van der Waals surface area contributed by atoms with E-state index >= 15 is 0 Å². The Morgan fingerprint density at radius 3 is 2.50 bits per heavy atom. The summed E-state index contributed by atoms with van der Waals surface area (Å²) in [5.74, 6) is 2.17. The summed E-state index contributed by atoms with van der Waals surface area (Å²) in [5, 5.41) is 3.36. The Labute approximate surface area is 121 Å². The zero-order valence-electron chi connectivity index (χ0n) is 12.8. The van der Waals surface area contributed by atoms with E-state index in [1.165, 1.54) is 0 Å². The van der Waals surface area contributed by atoms with Crippen LogP contribution in [0.1, 0.15) is 33.5 Å². The Morgan fingerprint density at radius 2 is 1.90 bits per heavy atom. The van der Waals surface area contributed by atoms with E-state index in [-0.39, 0.29) is 6.04 Å². The number of anilines is 2. The third-order valence-corrected chi connectivity index (χ3v) is 2.87. The normalized spacial score (nSPS) is 12.7. The van der Waals surface area contributed by atoms with Gasteiger partial charge >= 0.3 is 0 Å². The minimum Gasteiger partial charge on any atom is -0.384 e. The topological polar surface area (TPSA) is 82.3 Å². The number of nitrogen functional groups attached to an aromatic ring is 1. The molecule has 3 N–H and O–H groups in total. The van der Waals surface area contributed by atoms with Gasteiger partial charge in [-0.15, -0.1) is 0 Å². The number of rotatable bonds is 9. The predicted octanol–water partition coefficient (Wildman–Crippen LogP) is 2.07. The summed E-state index contributed by atoms with van der Waals surface area (Å²) in [6, 6.07) is 1.92. The van der Waals surface area contributed by atoms with Gasteiger partial charge in [-0.2, -0.15) is 0 Å². The van der Waals surface area contributed by atoms with Gasteiger partial charge in [0.15, 0.2) is 5.82 Å². The van der Waals surface area contributed by atoms with Gasteiger partial charge in [-0.25, -0.2) is 9.97 Å². The van der Waals surface area contributed by atoms with Crippen LogP contribution in [0.2, 0.25) is 0 Å². The van der Waals surface area contributed by atoms with E-state index in [0.717, 1.165) is 0 Å². The number of nitrogens with one attached hydrogen (secondary N) is 1. The van der Waals surface area contributed by atoms with E-state index in [9.17, 15) is 0 Å². The second-order valence-electron chi connectivity index (χ2n) is 4.89. The lowest BCUT2D eigenvalue weighted by Gasteiger charge is -2.23. The average Bonchev–Trinajstić information content (AvgIpc) is 2.40. The first-order valence-corrected chi connectivity index (χ1v) is 7.12. The lowest BCUT2D eigenvalue weighted by molar-refractivity contribution is 0.126. The Bertz CT molecular complexity index is 399. The molecule has 1 rings (SSSR count). The monoisotopic (exact) mass is 282 g/mol. The molecular formula is C14H26N4O2. The average molecular weight is 282 g/mol. The molecule has 0 saturated heterocycles. The van der Waals surface area contributed by atoms with E-state index in [2.05, 4.69) is 29.1 Å². The van der Waals surface area contributed by atoms with E-state index in [1.807, 2.05) is 13.8 Å². The smallest absolute Gasteiger partial charge is 0.158 e. The van der Waals surface area contributed by atoms with Crippen molar-refractivity contribution in [1.82, 2.24) is 9.97 Å². The van der Waals surface area contributed by atoms with Crippen molar-refractivity contribution in [3.8, 4) is 0 Å². The number of nitrogens with two attached hydrogens (primary N) is 1. The first-order valence-electron chi connectivity index (χ1n) is 7.12. The molecule has 1 aromatic heterocycles. The summed E-state index contributed by atoms with van der Waals surface area (Å²) < 4.78 is 10.8. The SMILES string of the molecule is CCOCc1nc(N)cc(NC(COCC)C(C)C)n1. The minimum absolute atomic E-state index is 0.184. The minimum atomic E-state index is 0.184. The highest BCUT2D eigenvalue weighted by atomic mass is 16.5. The molecule has 1 aromatic rings. The fraction of sp³-hybridized carbons (Fsp3) is 0.714. The zero-order valence-corrected chi connectivity index (χ0v) is 12.8. The van der Waals surface area contributed by atoms with Crippen molar-refractivity contribution < 1.29 is 9.47 Å². The molecule has 0 aliphatic carbocycles. The van der Waals surface area contributed by atoms with Crippen LogP contribution in [-0.2, 0) is 16.1 Å². The predicted molar refractivity (Wildman–Crippen MR) is 80.5 cm³/mol. The third-order valence-electron chi connectivity index (χ3n) is 2.87. The van der Waals surface area contributed by atoms with Crippen molar-refractivity contribution in [3.05, 3.63) is 11.9 Å². The summed E-state index contributed by atoms with van der Waals surface area (Å²) >= 11 is 0. The van der Waals surface area contributed by atoms with Gasteiger partial charge in [-0.3, -0.25) is 0 Å². The first-order chi connectivity index (χ1) is 9.56. The van der Waals surface area contributed by atoms with Crippen LogP contribution in [0.4, 0.5) is 11.6 Å². The molecule has 0 aromatic carbocycles. The molecule has 1 atom stereocenters. The molecule has 0 saturated carbocycles. The molecule has 0 bridgehead atoms. The zero-order chi connectivity index (χ0) is 15.0. The lowest BCUT2D eigenvalue weighted by atomic mass is 10.1. The van der Waals surface area contributed by atoms with Gasteiger partial charge in [0, 0.05) is 19.3 Å². The van der Waals surface area contributed by atoms with Crippen molar-refractivity contribution in [2.45, 2.75) is 40.3 Å². The first kappa shape index (κ1) is 16.7. The number of aromatic nitrogens is 2. The van der Waals surface area contributed by atoms with Gasteiger partial charge in [-0.05, 0) is 19.8 Å². The second-order valence-corrected chi connectivity index (χ2v) is 4.89. The maximum atomic E-state index is 5.81. The molecule has 0 radical (unpaired) electrons. The maximum absolute atomic E-state index is 5.81. The number of hydrogen-bond donors (Lipinski definition) is 2. The van der Waals surface area contributed by atoms with Crippen molar-refractivity contribution in [3.63, 3.8) is 0 Å². The summed E-state index contributed by atoms with van der Waals surface area (Å²) in [5.41, 5.74) is 5.81. The van der Waals surface area contributed by atoms with Crippen LogP contribution >= 0.6 is 0 Å². The van der Waals surface area contributed by atoms with Crippen LogP contribution in [0.25, 0.3) is 0 Å². The standard InChI is InChI=1S/C14H26N4O2/c1-5-19-8-11(10(3)4)16-13-7-12(15)17-14(18-13)9-20-6-2/h7,10-11H,5-6,8-9H2,1-4H3,(H3,15,16,17,18). The van der Waals surface area contributed by atoms with E-state index < -0.39 is 0 Å². The van der Waals surface area contributed by atoms with Gasteiger partial charge < -0.3 is 20.5 Å². The van der Waals surface area contributed by atoms with Crippen molar-refractivity contribution in [1.29, 1.82) is 0 Å². The van der Waals surface area contributed by atoms with Crippen molar-refractivity contribution in [2.75, 3.05) is 30.9 Å². The van der Waals surface area contributed by atoms with Crippen LogP contribution in [0.3, 0.4) is 0 Å². The quantitative estimate of drug-likeness (QED) is 0.721. The molecule has 20 heavy (non-hydrogen) atoms. The second kappa shape index (κ2) is 8.71. The van der Waals surface area contributed by atoms with Gasteiger partial charge in [-0.1, -0.05) is 13.8 Å². The summed E-state index contributed by atoms with van der Waals surface area (Å²) in [6.07, 6.45) is 0. The summed E-state index contributed by atoms with van der Waals surface area (Å²) in [6.45, 7) is 10.5. The van der Waals surface area contributed by atoms with Gasteiger partial charge in [0.2, 0.25) is 0 Å². The molecule has 114 valence electrons. The van der Waals surface area contributed by atoms with Crippen LogP contribution in [0, 0.1) is 5.92 Å². The van der Waals surface area contributed by atoms with Gasteiger partial charge in [0.25, 0.3) is 0 Å². The lowest BCUT2D eigenvalue weighted by Crippen LogP contribution is -2.31. The molecule has 0 spiro atoms. The van der Waals surface area contributed by atoms with Crippen LogP contribution in [0.5, 0.6) is 0 Å². The van der Waals surface area contributed by atoms with Gasteiger partial charge in [0.05, 0.1) is 12.6 Å².